The Hall–Kier alpha value is -3.29. The minimum absolute atomic E-state index is 0.133. The fraction of sp³-hybridized carbons (Fsp3) is 0.435. The Labute approximate surface area is 181 Å². The minimum atomic E-state index is -0.486. The first kappa shape index (κ1) is 19.7. The Morgan fingerprint density at radius 1 is 1.10 bits per heavy atom. The summed E-state index contributed by atoms with van der Waals surface area (Å²) in [4.78, 5) is 21.3. The van der Waals surface area contributed by atoms with Crippen molar-refractivity contribution in [1.82, 2.24) is 19.5 Å². The fourth-order valence-corrected chi connectivity index (χ4v) is 4.24. The van der Waals surface area contributed by atoms with Crippen LogP contribution in [-0.4, -0.2) is 56.4 Å². The molecule has 3 aliphatic rings. The van der Waals surface area contributed by atoms with Crippen LogP contribution in [0.15, 0.2) is 48.7 Å². The lowest BCUT2D eigenvalue weighted by Gasteiger charge is -2.55. The average molecular weight is 422 g/mol. The summed E-state index contributed by atoms with van der Waals surface area (Å²) >= 11 is 0. The van der Waals surface area contributed by atoms with Gasteiger partial charge in [0.05, 0.1) is 12.1 Å². The van der Waals surface area contributed by atoms with Crippen molar-refractivity contribution < 1.29 is 14.3 Å². The minimum Gasteiger partial charge on any atom is -0.485 e. The number of rotatable bonds is 4. The Kier molecular flexibility index (Phi) is 4.72. The molecule has 31 heavy (non-hydrogen) atoms. The first-order valence-corrected chi connectivity index (χ1v) is 10.7. The number of benzene rings is 1. The van der Waals surface area contributed by atoms with E-state index in [1.165, 1.54) is 0 Å². The van der Waals surface area contributed by atoms with Crippen molar-refractivity contribution in [2.75, 3.05) is 18.0 Å². The number of piperazine rings is 1. The van der Waals surface area contributed by atoms with E-state index in [1.807, 2.05) is 74.3 Å². The van der Waals surface area contributed by atoms with Gasteiger partial charge < -0.3 is 14.4 Å². The van der Waals surface area contributed by atoms with E-state index in [0.717, 1.165) is 12.0 Å². The van der Waals surface area contributed by atoms with Gasteiger partial charge in [0, 0.05) is 19.3 Å². The summed E-state index contributed by atoms with van der Waals surface area (Å²) in [5, 5.41) is 4.65. The van der Waals surface area contributed by atoms with Gasteiger partial charge in [0.2, 0.25) is 5.95 Å². The van der Waals surface area contributed by atoms with Crippen molar-refractivity contribution in [3.05, 3.63) is 54.2 Å². The molecule has 6 rings (SSSR count). The summed E-state index contributed by atoms with van der Waals surface area (Å²) in [5.74, 6) is 1.36. The van der Waals surface area contributed by atoms with Crippen LogP contribution in [0.25, 0.3) is 5.65 Å². The highest BCUT2D eigenvalue weighted by molar-refractivity contribution is 5.71. The van der Waals surface area contributed by atoms with Gasteiger partial charge >= 0.3 is 6.09 Å². The van der Waals surface area contributed by atoms with Crippen molar-refractivity contribution >= 4 is 17.7 Å². The number of ether oxygens (including phenoxy) is 2. The molecule has 0 spiro atoms. The van der Waals surface area contributed by atoms with Gasteiger partial charge in [-0.15, -0.1) is 5.10 Å². The van der Waals surface area contributed by atoms with Gasteiger partial charge in [-0.2, -0.15) is 4.98 Å². The number of hydrogen-bond donors (Lipinski definition) is 0. The SMILES string of the molecule is CC(C)(C)OC(=O)N1C2CC1CN(c1nc3c(OCc4ccccc4)cccn3n1)C2. The van der Waals surface area contributed by atoms with Gasteiger partial charge in [-0.25, -0.2) is 9.31 Å². The third-order valence-electron chi connectivity index (χ3n) is 5.63. The van der Waals surface area contributed by atoms with Crippen molar-refractivity contribution in [1.29, 1.82) is 0 Å². The van der Waals surface area contributed by atoms with Gasteiger partial charge in [0.15, 0.2) is 11.4 Å². The van der Waals surface area contributed by atoms with Crippen LogP contribution in [0.3, 0.4) is 0 Å². The molecule has 162 valence electrons. The number of amides is 1. The standard InChI is InChI=1S/C23H27N5O3/c1-23(2,3)31-22(29)28-17-12-18(28)14-26(13-17)21-24-20-19(10-7-11-27(20)25-21)30-15-16-8-5-4-6-9-16/h4-11,17-18H,12-15H2,1-3H3. The summed E-state index contributed by atoms with van der Waals surface area (Å²) in [7, 11) is 0. The molecular weight excluding hydrogens is 394 g/mol. The largest absolute Gasteiger partial charge is 0.485 e. The van der Waals surface area contributed by atoms with Crippen LogP contribution in [0.1, 0.15) is 32.8 Å². The Morgan fingerprint density at radius 3 is 2.55 bits per heavy atom. The molecule has 3 fully saturated rings. The lowest BCUT2D eigenvalue weighted by Crippen LogP contribution is -2.70. The van der Waals surface area contributed by atoms with E-state index in [1.54, 1.807) is 4.52 Å². The topological polar surface area (TPSA) is 72.2 Å². The molecule has 8 heteroatoms. The van der Waals surface area contributed by atoms with Crippen LogP contribution in [0, 0.1) is 0 Å². The Bertz CT molecular complexity index is 1080. The van der Waals surface area contributed by atoms with Gasteiger partial charge in [-0.3, -0.25) is 4.90 Å². The fourth-order valence-electron chi connectivity index (χ4n) is 4.24. The second-order valence-corrected chi connectivity index (χ2v) is 9.16. The van der Waals surface area contributed by atoms with Crippen LogP contribution < -0.4 is 9.64 Å². The molecule has 0 N–H and O–H groups in total. The summed E-state index contributed by atoms with van der Waals surface area (Å²) in [5.41, 5.74) is 1.30. The number of carbonyl (C=O) groups excluding carboxylic acids is 1. The van der Waals surface area contributed by atoms with E-state index in [0.29, 0.717) is 37.0 Å². The number of aromatic nitrogens is 3. The van der Waals surface area contributed by atoms with E-state index in [9.17, 15) is 4.79 Å². The van der Waals surface area contributed by atoms with Crippen molar-refractivity contribution in [2.24, 2.45) is 0 Å². The van der Waals surface area contributed by atoms with Gasteiger partial charge in [0.25, 0.3) is 0 Å². The van der Waals surface area contributed by atoms with Crippen LogP contribution in [0.5, 0.6) is 5.75 Å². The molecule has 2 aromatic heterocycles. The molecule has 2 bridgehead atoms. The van der Waals surface area contributed by atoms with Crippen LogP contribution in [-0.2, 0) is 11.3 Å². The predicted octanol–water partition coefficient (Wildman–Crippen LogP) is 3.51. The molecule has 1 amide bonds. The van der Waals surface area contributed by atoms with Crippen LogP contribution in [0.4, 0.5) is 10.7 Å². The number of nitrogens with zero attached hydrogens (tertiary/aromatic N) is 5. The molecule has 0 aliphatic carbocycles. The van der Waals surface area contributed by atoms with Gasteiger partial charge in [-0.1, -0.05) is 30.3 Å². The highest BCUT2D eigenvalue weighted by atomic mass is 16.6. The lowest BCUT2D eigenvalue weighted by molar-refractivity contribution is -0.0381. The third kappa shape index (κ3) is 3.89. The Morgan fingerprint density at radius 2 is 1.84 bits per heavy atom. The molecule has 3 saturated heterocycles. The molecule has 0 saturated carbocycles. The van der Waals surface area contributed by atoms with Crippen molar-refractivity contribution in [3.8, 4) is 5.75 Å². The van der Waals surface area contributed by atoms with E-state index in [-0.39, 0.29) is 18.2 Å². The molecule has 5 heterocycles. The lowest BCUT2D eigenvalue weighted by atomic mass is 9.88. The zero-order valence-corrected chi connectivity index (χ0v) is 18.1. The van der Waals surface area contributed by atoms with Gasteiger partial charge in [-0.05, 0) is 44.9 Å². The smallest absolute Gasteiger partial charge is 0.410 e. The van der Waals surface area contributed by atoms with Crippen LogP contribution >= 0.6 is 0 Å². The summed E-state index contributed by atoms with van der Waals surface area (Å²) in [6, 6.07) is 14.1. The molecule has 0 radical (unpaired) electrons. The molecule has 8 nitrogen and oxygen atoms in total. The molecule has 2 unspecified atom stereocenters. The zero-order valence-electron chi connectivity index (χ0n) is 18.1. The Balaban J connectivity index is 1.29. The maximum absolute atomic E-state index is 12.5. The second-order valence-electron chi connectivity index (χ2n) is 9.16. The summed E-state index contributed by atoms with van der Waals surface area (Å²) < 4.78 is 13.3. The molecule has 2 atom stereocenters. The first-order valence-electron chi connectivity index (χ1n) is 10.7. The first-order chi connectivity index (χ1) is 14.9. The average Bonchev–Trinajstić information content (AvgIpc) is 3.17. The second kappa shape index (κ2) is 7.44. The molecule has 3 aromatic rings. The van der Waals surface area contributed by atoms with Crippen molar-refractivity contribution in [2.45, 2.75) is 51.5 Å². The van der Waals surface area contributed by atoms with E-state index in [2.05, 4.69) is 10.00 Å². The highest BCUT2D eigenvalue weighted by Crippen LogP contribution is 2.35. The number of hydrogen-bond acceptors (Lipinski definition) is 6. The van der Waals surface area contributed by atoms with Crippen molar-refractivity contribution in [3.63, 3.8) is 0 Å². The maximum Gasteiger partial charge on any atom is 0.410 e. The molecular formula is C23H27N5O3. The molecule has 1 aromatic carbocycles. The third-order valence-corrected chi connectivity index (χ3v) is 5.63. The van der Waals surface area contributed by atoms with Gasteiger partial charge in [0.1, 0.15) is 12.2 Å². The normalized spacial score (nSPS) is 20.5. The predicted molar refractivity (Wildman–Crippen MR) is 116 cm³/mol. The zero-order chi connectivity index (χ0) is 21.6. The van der Waals surface area contributed by atoms with E-state index in [4.69, 9.17) is 14.5 Å². The highest BCUT2D eigenvalue weighted by Gasteiger charge is 2.49. The number of carbonyl (C=O) groups is 1. The number of fused-ring (bicyclic) bond motifs is 3. The van der Waals surface area contributed by atoms with E-state index >= 15 is 0 Å². The monoisotopic (exact) mass is 421 g/mol. The number of pyridine rings is 1. The molecule has 3 aliphatic heterocycles. The summed E-state index contributed by atoms with van der Waals surface area (Å²) in [6.07, 6.45) is 2.64. The summed E-state index contributed by atoms with van der Waals surface area (Å²) in [6.45, 7) is 7.56. The maximum atomic E-state index is 12.5. The number of piperidine rings is 1. The number of anilines is 1. The van der Waals surface area contributed by atoms with E-state index < -0.39 is 5.60 Å². The quantitative estimate of drug-likeness (QED) is 0.642. The van der Waals surface area contributed by atoms with Crippen LogP contribution in [0.2, 0.25) is 0 Å².